The van der Waals surface area contributed by atoms with Gasteiger partial charge >= 0.3 is 0 Å². The molecule has 2 unspecified atom stereocenters. The van der Waals surface area contributed by atoms with Crippen LogP contribution in [0.1, 0.15) is 33.6 Å². The smallest absolute Gasteiger partial charge is 0.236 e. The molecule has 0 aliphatic carbocycles. The Morgan fingerprint density at radius 1 is 1.47 bits per heavy atom. The molecule has 0 radical (unpaired) electrons. The third-order valence-electron chi connectivity index (χ3n) is 3.26. The summed E-state index contributed by atoms with van der Waals surface area (Å²) < 4.78 is 10.9. The second kappa shape index (κ2) is 4.78. The van der Waals surface area contributed by atoms with Gasteiger partial charge in [-0.15, -0.1) is 11.8 Å². The maximum absolute atomic E-state index is 12.1. The summed E-state index contributed by atoms with van der Waals surface area (Å²) in [5.74, 6) is 0.704. The Morgan fingerprint density at radius 2 is 2.24 bits per heavy atom. The van der Waals surface area contributed by atoms with Crippen LogP contribution in [0, 0.1) is 0 Å². The minimum atomic E-state index is -0.512. The molecule has 2 saturated heterocycles. The number of ether oxygens (including phenoxy) is 2. The van der Waals surface area contributed by atoms with Gasteiger partial charge in [-0.25, -0.2) is 0 Å². The molecule has 2 heterocycles. The van der Waals surface area contributed by atoms with Crippen LogP contribution in [0.5, 0.6) is 0 Å². The number of hydrogen-bond acceptors (Lipinski definition) is 4. The molecular formula is C12H21NO3S. The zero-order valence-electron chi connectivity index (χ0n) is 10.7. The Kier molecular flexibility index (Phi) is 3.71. The first kappa shape index (κ1) is 13.2. The molecule has 4 nitrogen and oxygen atoms in total. The maximum atomic E-state index is 12.1. The lowest BCUT2D eigenvalue weighted by Crippen LogP contribution is -2.44. The van der Waals surface area contributed by atoms with Crippen molar-refractivity contribution in [1.29, 1.82) is 0 Å². The van der Waals surface area contributed by atoms with E-state index in [2.05, 4.69) is 5.32 Å². The number of nitrogens with one attached hydrogen (secondary N) is 1. The third-order valence-corrected chi connectivity index (χ3v) is 4.78. The van der Waals surface area contributed by atoms with Crippen molar-refractivity contribution in [3.63, 3.8) is 0 Å². The first-order valence-corrected chi connectivity index (χ1v) is 7.14. The fourth-order valence-corrected chi connectivity index (χ4v) is 3.45. The molecule has 0 saturated carbocycles. The molecule has 2 aliphatic heterocycles. The summed E-state index contributed by atoms with van der Waals surface area (Å²) in [5, 5.41) is 2.98. The Morgan fingerprint density at radius 3 is 2.76 bits per heavy atom. The lowest BCUT2D eigenvalue weighted by Gasteiger charge is -2.23. The highest BCUT2D eigenvalue weighted by atomic mass is 32.2. The Bertz CT molecular complexity index is 300. The SMILES string of the molecule is CC1(C)OCC(CNC(=O)C2(C)CCCS2)O1. The summed E-state index contributed by atoms with van der Waals surface area (Å²) in [6, 6.07) is 0. The van der Waals surface area contributed by atoms with E-state index in [0.29, 0.717) is 13.2 Å². The van der Waals surface area contributed by atoms with Gasteiger partial charge in [-0.2, -0.15) is 0 Å². The van der Waals surface area contributed by atoms with Gasteiger partial charge in [-0.3, -0.25) is 4.79 Å². The standard InChI is InChI=1S/C12H21NO3S/c1-11(2)15-8-9(16-11)7-13-10(14)12(3)5-4-6-17-12/h9H,4-8H2,1-3H3,(H,13,14). The average molecular weight is 259 g/mol. The van der Waals surface area contributed by atoms with Crippen molar-refractivity contribution < 1.29 is 14.3 Å². The lowest BCUT2D eigenvalue weighted by atomic mass is 10.0. The molecule has 2 fully saturated rings. The molecule has 2 atom stereocenters. The topological polar surface area (TPSA) is 47.6 Å². The highest BCUT2D eigenvalue weighted by Crippen LogP contribution is 2.37. The predicted octanol–water partition coefficient (Wildman–Crippen LogP) is 1.54. The molecule has 2 aliphatic rings. The van der Waals surface area contributed by atoms with Crippen molar-refractivity contribution in [2.24, 2.45) is 0 Å². The van der Waals surface area contributed by atoms with Gasteiger partial charge in [0.25, 0.3) is 0 Å². The van der Waals surface area contributed by atoms with Crippen LogP contribution in [0.4, 0.5) is 0 Å². The summed E-state index contributed by atoms with van der Waals surface area (Å²) in [4.78, 5) is 12.1. The van der Waals surface area contributed by atoms with Crippen molar-refractivity contribution in [1.82, 2.24) is 5.32 Å². The fraction of sp³-hybridized carbons (Fsp3) is 0.917. The van der Waals surface area contributed by atoms with E-state index in [-0.39, 0.29) is 16.8 Å². The minimum Gasteiger partial charge on any atom is -0.352 e. The molecule has 0 aromatic carbocycles. The first-order chi connectivity index (χ1) is 7.91. The molecule has 0 spiro atoms. The van der Waals surface area contributed by atoms with Gasteiger partial charge in [-0.05, 0) is 39.4 Å². The van der Waals surface area contributed by atoms with Gasteiger partial charge in [-0.1, -0.05) is 0 Å². The number of hydrogen-bond donors (Lipinski definition) is 1. The fourth-order valence-electron chi connectivity index (χ4n) is 2.22. The molecule has 98 valence electrons. The summed E-state index contributed by atoms with van der Waals surface area (Å²) in [5.41, 5.74) is 0. The van der Waals surface area contributed by atoms with Gasteiger partial charge in [0.15, 0.2) is 5.79 Å². The molecule has 17 heavy (non-hydrogen) atoms. The monoisotopic (exact) mass is 259 g/mol. The van der Waals surface area contributed by atoms with Gasteiger partial charge < -0.3 is 14.8 Å². The highest BCUT2D eigenvalue weighted by Gasteiger charge is 2.38. The van der Waals surface area contributed by atoms with Crippen molar-refractivity contribution in [2.75, 3.05) is 18.9 Å². The molecule has 0 bridgehead atoms. The van der Waals surface area contributed by atoms with E-state index >= 15 is 0 Å². The molecule has 2 rings (SSSR count). The minimum absolute atomic E-state index is 0.0241. The highest BCUT2D eigenvalue weighted by molar-refractivity contribution is 8.01. The van der Waals surface area contributed by atoms with Crippen molar-refractivity contribution in [3.8, 4) is 0 Å². The second-order valence-electron chi connectivity index (χ2n) is 5.34. The molecule has 0 aromatic rings. The van der Waals surface area contributed by atoms with E-state index in [1.54, 1.807) is 11.8 Å². The zero-order chi connectivity index (χ0) is 12.5. The normalized spacial score (nSPS) is 36.1. The number of carbonyl (C=O) groups excluding carboxylic acids is 1. The summed E-state index contributed by atoms with van der Waals surface area (Å²) in [6.45, 7) is 6.90. The van der Waals surface area contributed by atoms with Gasteiger partial charge in [0.05, 0.1) is 11.4 Å². The largest absolute Gasteiger partial charge is 0.352 e. The number of carbonyl (C=O) groups is 1. The number of rotatable bonds is 3. The van der Waals surface area contributed by atoms with Crippen LogP contribution in [0.2, 0.25) is 0 Å². The number of thioether (sulfide) groups is 1. The van der Waals surface area contributed by atoms with Crippen molar-refractivity contribution >= 4 is 17.7 Å². The average Bonchev–Trinajstić information content (AvgIpc) is 2.82. The predicted molar refractivity (Wildman–Crippen MR) is 68.0 cm³/mol. The lowest BCUT2D eigenvalue weighted by molar-refractivity contribution is -0.139. The van der Waals surface area contributed by atoms with Crippen LogP contribution in [0.3, 0.4) is 0 Å². The van der Waals surface area contributed by atoms with Crippen LogP contribution >= 0.6 is 11.8 Å². The third kappa shape index (κ3) is 3.14. The summed E-state index contributed by atoms with van der Waals surface area (Å²) in [6.07, 6.45) is 2.07. The van der Waals surface area contributed by atoms with E-state index in [9.17, 15) is 4.79 Å². The van der Waals surface area contributed by atoms with Gasteiger partial charge in [0.1, 0.15) is 6.10 Å². The molecule has 5 heteroatoms. The van der Waals surface area contributed by atoms with Gasteiger partial charge in [0.2, 0.25) is 5.91 Å². The van der Waals surface area contributed by atoms with E-state index in [0.717, 1.165) is 18.6 Å². The quantitative estimate of drug-likeness (QED) is 0.835. The van der Waals surface area contributed by atoms with E-state index in [4.69, 9.17) is 9.47 Å². The van der Waals surface area contributed by atoms with Crippen LogP contribution in [0.25, 0.3) is 0 Å². The van der Waals surface area contributed by atoms with E-state index < -0.39 is 5.79 Å². The van der Waals surface area contributed by atoms with Gasteiger partial charge in [0, 0.05) is 6.54 Å². The maximum Gasteiger partial charge on any atom is 0.236 e. The van der Waals surface area contributed by atoms with E-state index in [1.165, 1.54) is 0 Å². The summed E-state index contributed by atoms with van der Waals surface area (Å²) >= 11 is 1.75. The summed E-state index contributed by atoms with van der Waals surface area (Å²) in [7, 11) is 0. The van der Waals surface area contributed by atoms with Crippen LogP contribution in [-0.4, -0.2) is 41.4 Å². The van der Waals surface area contributed by atoms with Crippen LogP contribution < -0.4 is 5.32 Å². The molecule has 0 aromatic heterocycles. The molecular weight excluding hydrogens is 238 g/mol. The first-order valence-electron chi connectivity index (χ1n) is 6.15. The Labute approximate surface area is 107 Å². The van der Waals surface area contributed by atoms with Crippen LogP contribution in [-0.2, 0) is 14.3 Å². The molecule has 1 N–H and O–H groups in total. The van der Waals surface area contributed by atoms with Crippen LogP contribution in [0.15, 0.2) is 0 Å². The van der Waals surface area contributed by atoms with Crippen molar-refractivity contribution in [3.05, 3.63) is 0 Å². The Balaban J connectivity index is 1.77. The van der Waals surface area contributed by atoms with E-state index in [1.807, 2.05) is 20.8 Å². The zero-order valence-corrected chi connectivity index (χ0v) is 11.6. The second-order valence-corrected chi connectivity index (χ2v) is 6.94. The Hall–Kier alpha value is -0.260. The van der Waals surface area contributed by atoms with Crippen molar-refractivity contribution in [2.45, 2.75) is 50.3 Å². The molecule has 1 amide bonds. The number of amides is 1.